The van der Waals surface area contributed by atoms with Crippen molar-refractivity contribution in [1.29, 1.82) is 5.26 Å². The summed E-state index contributed by atoms with van der Waals surface area (Å²) in [6.45, 7) is 2.82. The van der Waals surface area contributed by atoms with Crippen molar-refractivity contribution in [1.82, 2.24) is 4.98 Å². The van der Waals surface area contributed by atoms with E-state index >= 15 is 0 Å². The SMILES string of the molecule is Cc1ccccc1CNc1ncc(C#N)s1. The fourth-order valence-corrected chi connectivity index (χ4v) is 2.00. The maximum atomic E-state index is 8.67. The fraction of sp³-hybridized carbons (Fsp3) is 0.167. The topological polar surface area (TPSA) is 48.7 Å². The number of nitrogens with zero attached hydrogens (tertiary/aromatic N) is 2. The number of benzene rings is 1. The molecule has 0 bridgehead atoms. The van der Waals surface area contributed by atoms with Crippen LogP contribution in [-0.2, 0) is 6.54 Å². The van der Waals surface area contributed by atoms with Gasteiger partial charge in [-0.3, -0.25) is 0 Å². The molecule has 2 rings (SSSR count). The molecule has 1 heterocycles. The van der Waals surface area contributed by atoms with Crippen molar-refractivity contribution in [3.8, 4) is 6.07 Å². The average Bonchev–Trinajstić information content (AvgIpc) is 2.76. The summed E-state index contributed by atoms with van der Waals surface area (Å²) in [5.41, 5.74) is 2.50. The molecule has 0 aliphatic carbocycles. The number of nitriles is 1. The number of rotatable bonds is 3. The van der Waals surface area contributed by atoms with E-state index in [1.54, 1.807) is 6.20 Å². The van der Waals surface area contributed by atoms with Gasteiger partial charge in [0.05, 0.1) is 6.20 Å². The molecule has 0 saturated heterocycles. The minimum atomic E-state index is 0.632. The van der Waals surface area contributed by atoms with Gasteiger partial charge in [0, 0.05) is 6.54 Å². The number of aromatic nitrogens is 1. The molecule has 0 fully saturated rings. The molecule has 0 saturated carbocycles. The third kappa shape index (κ3) is 2.38. The summed E-state index contributed by atoms with van der Waals surface area (Å²) in [6, 6.07) is 10.3. The van der Waals surface area contributed by atoms with Crippen LogP contribution < -0.4 is 5.32 Å². The lowest BCUT2D eigenvalue weighted by Gasteiger charge is -2.05. The second-order valence-corrected chi connectivity index (χ2v) is 4.45. The van der Waals surface area contributed by atoms with Crippen molar-refractivity contribution in [2.45, 2.75) is 13.5 Å². The van der Waals surface area contributed by atoms with Gasteiger partial charge >= 0.3 is 0 Å². The van der Waals surface area contributed by atoms with Crippen LogP contribution in [0, 0.1) is 18.3 Å². The first kappa shape index (κ1) is 10.7. The van der Waals surface area contributed by atoms with Crippen molar-refractivity contribution >= 4 is 16.5 Å². The molecule has 0 atom stereocenters. The Balaban J connectivity index is 2.03. The Morgan fingerprint density at radius 1 is 1.44 bits per heavy atom. The smallest absolute Gasteiger partial charge is 0.184 e. The normalized spacial score (nSPS) is 9.75. The minimum absolute atomic E-state index is 0.632. The van der Waals surface area contributed by atoms with Crippen LogP contribution in [-0.4, -0.2) is 4.98 Å². The molecule has 1 aromatic heterocycles. The van der Waals surface area contributed by atoms with Gasteiger partial charge in [0.15, 0.2) is 5.13 Å². The van der Waals surface area contributed by atoms with E-state index in [0.717, 1.165) is 11.7 Å². The van der Waals surface area contributed by atoms with Crippen molar-refractivity contribution in [3.05, 3.63) is 46.5 Å². The first-order chi connectivity index (χ1) is 7.79. The lowest BCUT2D eigenvalue weighted by atomic mass is 10.1. The number of nitrogens with one attached hydrogen (secondary N) is 1. The number of anilines is 1. The van der Waals surface area contributed by atoms with E-state index in [4.69, 9.17) is 5.26 Å². The third-order valence-electron chi connectivity index (χ3n) is 2.31. The molecule has 0 amide bonds. The molecule has 4 heteroatoms. The summed E-state index contributed by atoms with van der Waals surface area (Å²) < 4.78 is 0. The highest BCUT2D eigenvalue weighted by molar-refractivity contribution is 7.16. The second-order valence-electron chi connectivity index (χ2n) is 3.42. The van der Waals surface area contributed by atoms with Gasteiger partial charge in [0.1, 0.15) is 10.9 Å². The van der Waals surface area contributed by atoms with Crippen LogP contribution in [0.15, 0.2) is 30.5 Å². The summed E-state index contributed by atoms with van der Waals surface area (Å²) in [5.74, 6) is 0. The van der Waals surface area contributed by atoms with Gasteiger partial charge in [-0.2, -0.15) is 5.26 Å². The molecular formula is C12H11N3S. The minimum Gasteiger partial charge on any atom is -0.357 e. The molecule has 80 valence electrons. The number of hydrogen-bond acceptors (Lipinski definition) is 4. The first-order valence-corrected chi connectivity index (χ1v) is 5.75. The molecule has 0 unspecified atom stereocenters. The van der Waals surface area contributed by atoms with Crippen molar-refractivity contribution in [2.24, 2.45) is 0 Å². The predicted octanol–water partition coefficient (Wildman–Crippen LogP) is 2.94. The van der Waals surface area contributed by atoms with Gasteiger partial charge in [-0.25, -0.2) is 4.98 Å². The predicted molar refractivity (Wildman–Crippen MR) is 65.3 cm³/mol. The van der Waals surface area contributed by atoms with Crippen molar-refractivity contribution < 1.29 is 0 Å². The van der Waals surface area contributed by atoms with Gasteiger partial charge in [0.25, 0.3) is 0 Å². The highest BCUT2D eigenvalue weighted by Crippen LogP contribution is 2.18. The molecule has 0 spiro atoms. The number of thiazole rings is 1. The molecule has 0 radical (unpaired) electrons. The van der Waals surface area contributed by atoms with Crippen molar-refractivity contribution in [2.75, 3.05) is 5.32 Å². The summed E-state index contributed by atoms with van der Waals surface area (Å²) in [7, 11) is 0. The van der Waals surface area contributed by atoms with Crippen molar-refractivity contribution in [3.63, 3.8) is 0 Å². The Labute approximate surface area is 98.4 Å². The molecule has 3 nitrogen and oxygen atoms in total. The Kier molecular flexibility index (Phi) is 3.18. The van der Waals surface area contributed by atoms with Gasteiger partial charge in [-0.05, 0) is 18.1 Å². The lowest BCUT2D eigenvalue weighted by molar-refractivity contribution is 1.11. The van der Waals surface area contributed by atoms with Gasteiger partial charge < -0.3 is 5.32 Å². The van der Waals surface area contributed by atoms with Gasteiger partial charge in [0.2, 0.25) is 0 Å². The summed E-state index contributed by atoms with van der Waals surface area (Å²) >= 11 is 1.37. The van der Waals surface area contributed by atoms with Gasteiger partial charge in [-0.1, -0.05) is 35.6 Å². The molecule has 1 aromatic carbocycles. The Hall–Kier alpha value is -1.86. The largest absolute Gasteiger partial charge is 0.357 e. The molecular weight excluding hydrogens is 218 g/mol. The van der Waals surface area contributed by atoms with E-state index < -0.39 is 0 Å². The van der Waals surface area contributed by atoms with E-state index in [-0.39, 0.29) is 0 Å². The third-order valence-corrected chi connectivity index (χ3v) is 3.17. The van der Waals surface area contributed by atoms with E-state index in [1.165, 1.54) is 22.5 Å². The highest BCUT2D eigenvalue weighted by atomic mass is 32.1. The van der Waals surface area contributed by atoms with Crippen LogP contribution in [0.4, 0.5) is 5.13 Å². The zero-order chi connectivity index (χ0) is 11.4. The Bertz CT molecular complexity index is 525. The van der Waals surface area contributed by atoms with E-state index in [1.807, 2.05) is 12.1 Å². The first-order valence-electron chi connectivity index (χ1n) is 4.94. The van der Waals surface area contributed by atoms with E-state index in [0.29, 0.717) is 4.88 Å². The maximum absolute atomic E-state index is 8.67. The summed E-state index contributed by atoms with van der Waals surface area (Å²) in [4.78, 5) is 4.75. The zero-order valence-electron chi connectivity index (χ0n) is 8.90. The molecule has 1 N–H and O–H groups in total. The maximum Gasteiger partial charge on any atom is 0.184 e. The Morgan fingerprint density at radius 2 is 2.25 bits per heavy atom. The van der Waals surface area contributed by atoms with Crippen LogP contribution >= 0.6 is 11.3 Å². The van der Waals surface area contributed by atoms with Crippen LogP contribution in [0.3, 0.4) is 0 Å². The van der Waals surface area contributed by atoms with Crippen LogP contribution in [0.25, 0.3) is 0 Å². The van der Waals surface area contributed by atoms with Crippen LogP contribution in [0.5, 0.6) is 0 Å². The lowest BCUT2D eigenvalue weighted by Crippen LogP contribution is -2.00. The second kappa shape index (κ2) is 4.77. The van der Waals surface area contributed by atoms with Gasteiger partial charge in [-0.15, -0.1) is 0 Å². The van der Waals surface area contributed by atoms with E-state index in [9.17, 15) is 0 Å². The standard InChI is InChI=1S/C12H11N3S/c1-9-4-2-3-5-10(9)7-14-12-15-8-11(6-13)16-12/h2-5,8H,7H2,1H3,(H,14,15). The van der Waals surface area contributed by atoms with Crippen LogP contribution in [0.1, 0.15) is 16.0 Å². The number of aryl methyl sites for hydroxylation is 1. The molecule has 16 heavy (non-hydrogen) atoms. The monoisotopic (exact) mass is 229 g/mol. The average molecular weight is 229 g/mol. The quantitative estimate of drug-likeness (QED) is 0.880. The van der Waals surface area contributed by atoms with E-state index in [2.05, 4.69) is 35.4 Å². The highest BCUT2D eigenvalue weighted by Gasteiger charge is 2.01. The molecule has 0 aliphatic rings. The Morgan fingerprint density at radius 3 is 2.94 bits per heavy atom. The fourth-order valence-electron chi connectivity index (χ4n) is 1.39. The molecule has 2 aromatic rings. The zero-order valence-corrected chi connectivity index (χ0v) is 9.71. The summed E-state index contributed by atoms with van der Waals surface area (Å²) in [6.07, 6.45) is 1.59. The summed E-state index contributed by atoms with van der Waals surface area (Å²) in [5, 5.41) is 12.7. The van der Waals surface area contributed by atoms with Crippen LogP contribution in [0.2, 0.25) is 0 Å². The number of hydrogen-bond donors (Lipinski definition) is 1. The molecule has 0 aliphatic heterocycles.